The number of nitrogens with zero attached hydrogens (tertiary/aromatic N) is 4. The zero-order valence-corrected chi connectivity index (χ0v) is 22.7. The van der Waals surface area contributed by atoms with Gasteiger partial charge in [0.15, 0.2) is 34.7 Å². The molecule has 214 valence electrons. The molecule has 1 aliphatic heterocycles. The van der Waals surface area contributed by atoms with Gasteiger partial charge in [-0.1, -0.05) is 31.7 Å². The van der Waals surface area contributed by atoms with Gasteiger partial charge in [0.2, 0.25) is 0 Å². The third-order valence-corrected chi connectivity index (χ3v) is 7.24. The molecular weight excluding hydrogens is 524 g/mol. The minimum atomic E-state index is -0.908. The first-order valence-electron chi connectivity index (χ1n) is 13.5. The number of hydrogen-bond donors (Lipinski definition) is 1. The van der Waals surface area contributed by atoms with Crippen LogP contribution < -0.4 is 15.6 Å². The Bertz CT molecular complexity index is 1430. The molecule has 2 fully saturated rings. The normalized spacial score (nSPS) is 19.6. The Hall–Kier alpha value is -3.64. The molecule has 12 heteroatoms. The summed E-state index contributed by atoms with van der Waals surface area (Å²) in [4.78, 5) is 26.6. The van der Waals surface area contributed by atoms with Crippen molar-refractivity contribution in [3.63, 3.8) is 0 Å². The molecule has 0 radical (unpaired) electrons. The second-order valence-electron chi connectivity index (χ2n) is 10.8. The Balaban J connectivity index is 1.32. The quantitative estimate of drug-likeness (QED) is 0.405. The number of halogens is 2. The van der Waals surface area contributed by atoms with Gasteiger partial charge in [-0.2, -0.15) is 10.2 Å². The van der Waals surface area contributed by atoms with Crippen molar-refractivity contribution in [2.75, 3.05) is 11.9 Å². The van der Waals surface area contributed by atoms with Crippen molar-refractivity contribution in [1.82, 2.24) is 19.6 Å². The number of aromatic nitrogens is 4. The van der Waals surface area contributed by atoms with E-state index in [2.05, 4.69) is 15.5 Å². The lowest BCUT2D eigenvalue weighted by atomic mass is 9.98. The summed E-state index contributed by atoms with van der Waals surface area (Å²) in [7, 11) is 0. The van der Waals surface area contributed by atoms with Gasteiger partial charge >= 0.3 is 0 Å². The van der Waals surface area contributed by atoms with Gasteiger partial charge in [0.25, 0.3) is 11.5 Å². The summed E-state index contributed by atoms with van der Waals surface area (Å²) in [5, 5.41) is 11.4. The van der Waals surface area contributed by atoms with E-state index >= 15 is 0 Å². The number of carbonyl (C=O) groups excluding carboxylic acids is 1. The molecule has 1 saturated carbocycles. The minimum Gasteiger partial charge on any atom is -0.449 e. The Morgan fingerprint density at radius 3 is 2.73 bits per heavy atom. The van der Waals surface area contributed by atoms with Gasteiger partial charge in [-0.3, -0.25) is 14.3 Å². The highest BCUT2D eigenvalue weighted by atomic mass is 19.1. The van der Waals surface area contributed by atoms with Crippen LogP contribution in [0.5, 0.6) is 11.5 Å². The lowest BCUT2D eigenvalue weighted by Crippen LogP contribution is -2.36. The zero-order chi connectivity index (χ0) is 28.4. The Morgan fingerprint density at radius 2 is 2.02 bits per heavy atom. The van der Waals surface area contributed by atoms with Crippen LogP contribution in [0.3, 0.4) is 0 Å². The molecule has 2 aliphatic rings. The average Bonchev–Trinajstić information content (AvgIpc) is 3.65. The Labute approximate surface area is 230 Å². The molecule has 3 aromatic rings. The first kappa shape index (κ1) is 27.9. The lowest BCUT2D eigenvalue weighted by molar-refractivity contribution is -0.139. The summed E-state index contributed by atoms with van der Waals surface area (Å²) >= 11 is 0. The summed E-state index contributed by atoms with van der Waals surface area (Å²) in [6, 6.07) is 4.21. The van der Waals surface area contributed by atoms with Gasteiger partial charge in [0.1, 0.15) is 12.1 Å². The fourth-order valence-electron chi connectivity index (χ4n) is 5.21. The van der Waals surface area contributed by atoms with Crippen LogP contribution in [-0.4, -0.2) is 44.0 Å². The van der Waals surface area contributed by atoms with Crippen molar-refractivity contribution < 1.29 is 27.8 Å². The molecule has 1 amide bonds. The lowest BCUT2D eigenvalue weighted by Gasteiger charge is -2.21. The van der Waals surface area contributed by atoms with Crippen molar-refractivity contribution in [1.29, 1.82) is 0 Å². The summed E-state index contributed by atoms with van der Waals surface area (Å²) in [6.45, 7) is 6.07. The van der Waals surface area contributed by atoms with E-state index < -0.39 is 40.7 Å². The highest BCUT2D eigenvalue weighted by Crippen LogP contribution is 2.33. The number of carbonyl (C=O) groups is 1. The van der Waals surface area contributed by atoms with Crippen molar-refractivity contribution in [2.24, 2.45) is 5.92 Å². The van der Waals surface area contributed by atoms with Gasteiger partial charge in [0, 0.05) is 18.3 Å². The number of nitrogens with one attached hydrogen (secondary N) is 1. The van der Waals surface area contributed by atoms with E-state index in [1.165, 1.54) is 19.2 Å². The summed E-state index contributed by atoms with van der Waals surface area (Å²) < 4.78 is 48.1. The molecule has 2 atom stereocenters. The van der Waals surface area contributed by atoms with Gasteiger partial charge in [-0.15, -0.1) is 0 Å². The predicted molar refractivity (Wildman–Crippen MR) is 141 cm³/mol. The molecule has 1 N–H and O–H groups in total. The van der Waals surface area contributed by atoms with Crippen LogP contribution in [0.15, 0.2) is 41.5 Å². The molecule has 0 spiro atoms. The van der Waals surface area contributed by atoms with E-state index in [0.29, 0.717) is 25.4 Å². The number of rotatable bonds is 9. The Kier molecular flexibility index (Phi) is 7.99. The van der Waals surface area contributed by atoms with Crippen LogP contribution in [0.4, 0.5) is 14.6 Å². The first-order valence-corrected chi connectivity index (χ1v) is 13.5. The number of benzene rings is 1. The highest BCUT2D eigenvalue weighted by Gasteiger charge is 2.33. The van der Waals surface area contributed by atoms with E-state index in [1.54, 1.807) is 16.9 Å². The van der Waals surface area contributed by atoms with E-state index in [1.807, 2.05) is 13.8 Å². The summed E-state index contributed by atoms with van der Waals surface area (Å²) in [5.41, 5.74) is -0.433. The molecule has 3 heterocycles. The number of aryl methyl sites for hydroxylation is 1. The van der Waals surface area contributed by atoms with Gasteiger partial charge in [-0.05, 0) is 44.7 Å². The van der Waals surface area contributed by atoms with Crippen LogP contribution in [0, 0.1) is 24.5 Å². The number of amides is 1. The van der Waals surface area contributed by atoms with E-state index in [-0.39, 0.29) is 23.3 Å². The average molecular weight is 558 g/mol. The van der Waals surface area contributed by atoms with Crippen LogP contribution in [0.25, 0.3) is 0 Å². The Morgan fingerprint density at radius 1 is 1.25 bits per heavy atom. The second-order valence-corrected chi connectivity index (χ2v) is 10.8. The van der Waals surface area contributed by atoms with Gasteiger partial charge < -0.3 is 19.5 Å². The monoisotopic (exact) mass is 557 g/mol. The van der Waals surface area contributed by atoms with Crippen molar-refractivity contribution in [3.05, 3.63) is 64.2 Å². The smallest absolute Gasteiger partial charge is 0.271 e. The van der Waals surface area contributed by atoms with Gasteiger partial charge in [0.05, 0.1) is 19.3 Å². The molecule has 2 aromatic heterocycles. The number of anilines is 1. The fourth-order valence-corrected chi connectivity index (χ4v) is 5.21. The molecule has 1 unspecified atom stereocenters. The maximum absolute atomic E-state index is 14.4. The molecule has 1 aliphatic carbocycles. The second kappa shape index (κ2) is 11.5. The first-order chi connectivity index (χ1) is 19.1. The van der Waals surface area contributed by atoms with Crippen LogP contribution in [-0.2, 0) is 20.8 Å². The maximum Gasteiger partial charge on any atom is 0.271 e. The molecule has 0 bridgehead atoms. The molecule has 5 rings (SSSR count). The molecule has 1 aromatic carbocycles. The maximum atomic E-state index is 14.4. The number of ether oxygens (including phenoxy) is 3. The van der Waals surface area contributed by atoms with E-state index in [0.717, 1.165) is 42.5 Å². The minimum absolute atomic E-state index is 0.135. The summed E-state index contributed by atoms with van der Waals surface area (Å²) in [5.74, 6) is -3.01. The molecule has 10 nitrogen and oxygen atoms in total. The third-order valence-electron chi connectivity index (χ3n) is 7.24. The van der Waals surface area contributed by atoms with Crippen LogP contribution in [0.1, 0.15) is 57.6 Å². The fraction of sp³-hybridized carbons (Fsp3) is 0.500. The molecule has 1 saturated heterocycles. The SMILES string of the molecule is Cc1ccc(F)c(Oc2cnn(C(CC3CCCC3)C(=O)Nc3ccn(C[C@@H]4COC(C)(C)O4)n3)c(=O)c2)c1F. The van der Waals surface area contributed by atoms with E-state index in [9.17, 15) is 18.4 Å². The highest BCUT2D eigenvalue weighted by molar-refractivity contribution is 5.92. The van der Waals surface area contributed by atoms with Gasteiger partial charge in [-0.25, -0.2) is 13.5 Å². The zero-order valence-electron chi connectivity index (χ0n) is 22.7. The third kappa shape index (κ3) is 6.39. The van der Waals surface area contributed by atoms with Crippen LogP contribution >= 0.6 is 0 Å². The van der Waals surface area contributed by atoms with Crippen LogP contribution in [0.2, 0.25) is 0 Å². The van der Waals surface area contributed by atoms with Crippen molar-refractivity contribution in [3.8, 4) is 11.5 Å². The topological polar surface area (TPSA) is 110 Å². The van der Waals surface area contributed by atoms with E-state index in [4.69, 9.17) is 14.2 Å². The summed E-state index contributed by atoms with van der Waals surface area (Å²) in [6.07, 6.45) is 7.21. The standard InChI is InChI=1S/C28H33F2N5O5/c1-17-8-9-21(29)26(25(17)30)39-19-13-24(36)35(31-14-19)22(12-18-6-4-5-7-18)27(37)32-23-10-11-34(33-23)15-20-16-38-28(2,3)40-20/h8-11,13-14,18,20,22H,4-7,12,15-16H2,1-3H3,(H,32,33,37)/t20-,22?/m1/s1. The largest absolute Gasteiger partial charge is 0.449 e. The number of hydrogen-bond acceptors (Lipinski definition) is 7. The van der Waals surface area contributed by atoms with Crippen molar-refractivity contribution in [2.45, 2.75) is 77.4 Å². The predicted octanol–water partition coefficient (Wildman–Crippen LogP) is 4.73. The molecular formula is C28H33F2N5O5. The van der Waals surface area contributed by atoms with Crippen molar-refractivity contribution >= 4 is 11.7 Å². The molecule has 40 heavy (non-hydrogen) atoms.